The monoisotopic (exact) mass is 573 g/mol. The highest BCUT2D eigenvalue weighted by molar-refractivity contribution is 5.94. The second-order valence-corrected chi connectivity index (χ2v) is 11.5. The summed E-state index contributed by atoms with van der Waals surface area (Å²) >= 11 is 0. The van der Waals surface area contributed by atoms with Gasteiger partial charge in [-0.25, -0.2) is 4.79 Å². The minimum atomic E-state index is -4.34. The van der Waals surface area contributed by atoms with Crippen molar-refractivity contribution in [3.8, 4) is 0 Å². The average Bonchev–Trinajstić information content (AvgIpc) is 3.18. The van der Waals surface area contributed by atoms with Crippen LogP contribution >= 0.6 is 0 Å². The van der Waals surface area contributed by atoms with Crippen LogP contribution in [0.25, 0.3) is 0 Å². The standard InChI is InChI=1S/C30H38F3N5O3/c1-21-29(12-16-36(17-13-29)18-22-4-8-25(9-5-22)30(31,32)33)41-28(40)38(21)19-23-2-6-24(7-3-23)27(39)35-26-10-14-37(20-34)15-11-26/h2-9,21,26H,10-20,34H2,1H3,(H,35,39). The van der Waals surface area contributed by atoms with E-state index < -0.39 is 17.3 Å². The van der Waals surface area contributed by atoms with E-state index in [0.29, 0.717) is 51.3 Å². The number of nitrogens with zero attached hydrogens (tertiary/aromatic N) is 3. The summed E-state index contributed by atoms with van der Waals surface area (Å²) in [6.45, 7) is 6.60. The number of benzene rings is 2. The Hall–Kier alpha value is -3.15. The maximum absolute atomic E-state index is 12.9. The number of alkyl halides is 3. The van der Waals surface area contributed by atoms with Gasteiger partial charge < -0.3 is 15.8 Å². The zero-order valence-corrected chi connectivity index (χ0v) is 23.3. The summed E-state index contributed by atoms with van der Waals surface area (Å²) in [6, 6.07) is 12.6. The van der Waals surface area contributed by atoms with E-state index in [1.807, 2.05) is 19.1 Å². The van der Waals surface area contributed by atoms with Crippen molar-refractivity contribution in [1.29, 1.82) is 0 Å². The minimum Gasteiger partial charge on any atom is -0.440 e. The van der Waals surface area contributed by atoms with Crippen LogP contribution in [-0.4, -0.2) is 77.2 Å². The largest absolute Gasteiger partial charge is 0.440 e. The topological polar surface area (TPSA) is 91.1 Å². The number of likely N-dealkylation sites (tertiary alicyclic amines) is 2. The van der Waals surface area contributed by atoms with Gasteiger partial charge in [0.05, 0.1) is 11.6 Å². The predicted octanol–water partition coefficient (Wildman–Crippen LogP) is 4.19. The summed E-state index contributed by atoms with van der Waals surface area (Å²) in [5.41, 5.74) is 6.78. The van der Waals surface area contributed by atoms with Gasteiger partial charge in [-0.15, -0.1) is 0 Å². The number of amides is 2. The molecule has 41 heavy (non-hydrogen) atoms. The molecule has 1 atom stereocenters. The normalized spacial score (nSPS) is 22.2. The van der Waals surface area contributed by atoms with Crippen molar-refractivity contribution < 1.29 is 27.5 Å². The molecule has 3 N–H and O–H groups in total. The molecule has 3 saturated heterocycles. The van der Waals surface area contributed by atoms with Crippen molar-refractivity contribution >= 4 is 12.0 Å². The molecule has 0 radical (unpaired) electrons. The van der Waals surface area contributed by atoms with Gasteiger partial charge in [0.1, 0.15) is 5.60 Å². The Balaban J connectivity index is 1.12. The van der Waals surface area contributed by atoms with Crippen LogP contribution in [0.2, 0.25) is 0 Å². The van der Waals surface area contributed by atoms with Crippen LogP contribution in [0.3, 0.4) is 0 Å². The van der Waals surface area contributed by atoms with Crippen LogP contribution in [0.5, 0.6) is 0 Å². The van der Waals surface area contributed by atoms with Crippen LogP contribution in [-0.2, 0) is 24.0 Å². The molecule has 0 aliphatic carbocycles. The summed E-state index contributed by atoms with van der Waals surface area (Å²) in [7, 11) is 0. The average molecular weight is 574 g/mol. The molecule has 0 bridgehead atoms. The van der Waals surface area contributed by atoms with Crippen molar-refractivity contribution in [2.24, 2.45) is 5.73 Å². The van der Waals surface area contributed by atoms with Crippen molar-refractivity contribution in [2.75, 3.05) is 32.8 Å². The molecule has 0 saturated carbocycles. The Kier molecular flexibility index (Phi) is 8.58. The molecule has 2 aromatic rings. The Morgan fingerprint density at radius 2 is 1.54 bits per heavy atom. The molecule has 3 aliphatic rings. The SMILES string of the molecule is CC1N(Cc2ccc(C(=O)NC3CCN(CN)CC3)cc2)C(=O)OC12CCN(Cc1ccc(C(F)(F)F)cc1)CC2. The van der Waals surface area contributed by atoms with E-state index in [4.69, 9.17) is 10.5 Å². The smallest absolute Gasteiger partial charge is 0.416 e. The van der Waals surface area contributed by atoms with Crippen molar-refractivity contribution in [3.63, 3.8) is 0 Å². The summed E-state index contributed by atoms with van der Waals surface area (Å²) in [4.78, 5) is 31.7. The van der Waals surface area contributed by atoms with Gasteiger partial charge in [-0.2, -0.15) is 13.2 Å². The molecule has 2 amide bonds. The number of nitrogens with one attached hydrogen (secondary N) is 1. The van der Waals surface area contributed by atoms with Gasteiger partial charge in [0.2, 0.25) is 0 Å². The molecule has 0 aromatic heterocycles. The zero-order valence-electron chi connectivity index (χ0n) is 23.3. The molecular weight excluding hydrogens is 535 g/mol. The van der Waals surface area contributed by atoms with E-state index in [9.17, 15) is 22.8 Å². The zero-order chi connectivity index (χ0) is 29.2. The molecule has 2 aromatic carbocycles. The maximum atomic E-state index is 12.9. The van der Waals surface area contributed by atoms with Crippen LogP contribution in [0, 0.1) is 0 Å². The number of carbonyl (C=O) groups is 2. The van der Waals surface area contributed by atoms with E-state index in [0.717, 1.165) is 49.2 Å². The summed E-state index contributed by atoms with van der Waals surface area (Å²) < 4.78 is 44.5. The molecule has 3 heterocycles. The fraction of sp³-hybridized carbons (Fsp3) is 0.533. The first-order valence-corrected chi connectivity index (χ1v) is 14.3. The third-order valence-corrected chi connectivity index (χ3v) is 8.89. The number of hydrogen-bond acceptors (Lipinski definition) is 6. The Morgan fingerprint density at radius 3 is 2.12 bits per heavy atom. The summed E-state index contributed by atoms with van der Waals surface area (Å²) in [5.74, 6) is -0.0984. The lowest BCUT2D eigenvalue weighted by Crippen LogP contribution is -2.51. The number of hydrogen-bond donors (Lipinski definition) is 2. The van der Waals surface area contributed by atoms with Gasteiger partial charge >= 0.3 is 12.3 Å². The summed E-state index contributed by atoms with van der Waals surface area (Å²) in [5, 5.41) is 3.11. The fourth-order valence-electron chi connectivity index (χ4n) is 6.12. The lowest BCUT2D eigenvalue weighted by Gasteiger charge is -2.40. The van der Waals surface area contributed by atoms with Crippen molar-refractivity contribution in [1.82, 2.24) is 20.0 Å². The minimum absolute atomic E-state index is 0.0984. The van der Waals surface area contributed by atoms with Crippen LogP contribution in [0.15, 0.2) is 48.5 Å². The molecule has 222 valence electrons. The number of carbonyl (C=O) groups excluding carboxylic acids is 2. The van der Waals surface area contributed by atoms with Gasteiger partial charge in [-0.05, 0) is 55.2 Å². The number of piperidine rings is 2. The van der Waals surface area contributed by atoms with Gasteiger partial charge in [0, 0.05) is 70.4 Å². The highest BCUT2D eigenvalue weighted by atomic mass is 19.4. The van der Waals surface area contributed by atoms with Crippen molar-refractivity contribution in [2.45, 2.75) is 69.6 Å². The highest BCUT2D eigenvalue weighted by Crippen LogP contribution is 2.39. The van der Waals surface area contributed by atoms with E-state index >= 15 is 0 Å². The summed E-state index contributed by atoms with van der Waals surface area (Å²) in [6.07, 6.45) is -1.63. The molecule has 1 unspecified atom stereocenters. The van der Waals surface area contributed by atoms with Crippen LogP contribution in [0.1, 0.15) is 59.7 Å². The highest BCUT2D eigenvalue weighted by Gasteiger charge is 2.52. The van der Waals surface area contributed by atoms with Gasteiger partial charge in [0.15, 0.2) is 0 Å². The first kappa shape index (κ1) is 29.3. The number of nitrogens with two attached hydrogens (primary N) is 1. The maximum Gasteiger partial charge on any atom is 0.416 e. The predicted molar refractivity (Wildman–Crippen MR) is 148 cm³/mol. The Morgan fingerprint density at radius 1 is 0.951 bits per heavy atom. The Labute approximate surface area is 238 Å². The van der Waals surface area contributed by atoms with Gasteiger partial charge in [-0.3, -0.25) is 19.5 Å². The fourth-order valence-corrected chi connectivity index (χ4v) is 6.12. The first-order valence-electron chi connectivity index (χ1n) is 14.3. The molecule has 8 nitrogen and oxygen atoms in total. The van der Waals surface area contributed by atoms with E-state index in [-0.39, 0.29) is 24.1 Å². The second kappa shape index (κ2) is 12.0. The van der Waals surface area contributed by atoms with Gasteiger partial charge in [-0.1, -0.05) is 24.3 Å². The first-order chi connectivity index (χ1) is 19.6. The van der Waals surface area contributed by atoms with Crippen LogP contribution < -0.4 is 11.1 Å². The van der Waals surface area contributed by atoms with E-state index in [1.165, 1.54) is 12.1 Å². The number of rotatable bonds is 7. The molecule has 1 spiro atoms. The molecule has 3 fully saturated rings. The van der Waals surface area contributed by atoms with Gasteiger partial charge in [0.25, 0.3) is 5.91 Å². The molecular formula is C30H38F3N5O3. The lowest BCUT2D eigenvalue weighted by molar-refractivity contribution is -0.137. The van der Waals surface area contributed by atoms with E-state index in [1.54, 1.807) is 17.0 Å². The van der Waals surface area contributed by atoms with E-state index in [2.05, 4.69) is 15.1 Å². The third-order valence-electron chi connectivity index (χ3n) is 8.89. The molecule has 3 aliphatic heterocycles. The quantitative estimate of drug-likeness (QED) is 0.516. The van der Waals surface area contributed by atoms with Crippen molar-refractivity contribution in [3.05, 3.63) is 70.8 Å². The number of ether oxygens (including phenoxy) is 1. The second-order valence-electron chi connectivity index (χ2n) is 11.5. The number of halogens is 3. The third kappa shape index (κ3) is 6.68. The van der Waals surface area contributed by atoms with Crippen LogP contribution in [0.4, 0.5) is 18.0 Å². The lowest BCUT2D eigenvalue weighted by atomic mass is 9.84. The Bertz CT molecular complexity index is 1210. The molecule has 11 heteroatoms. The molecule has 5 rings (SSSR count).